The van der Waals surface area contributed by atoms with Crippen LogP contribution in [-0.2, 0) is 0 Å². The first kappa shape index (κ1) is 13.7. The SMILES string of the molecule is O=[N+]([O-])c1cc(F)ccc1N1CCC[C@@H](CCO)C1. The lowest BCUT2D eigenvalue weighted by Crippen LogP contribution is -2.36. The summed E-state index contributed by atoms with van der Waals surface area (Å²) in [5.74, 6) is -0.261. The second kappa shape index (κ2) is 5.97. The average molecular weight is 268 g/mol. The zero-order valence-electron chi connectivity index (χ0n) is 10.6. The minimum atomic E-state index is -0.598. The second-order valence-corrected chi connectivity index (χ2v) is 4.86. The van der Waals surface area contributed by atoms with E-state index in [-0.39, 0.29) is 12.3 Å². The summed E-state index contributed by atoms with van der Waals surface area (Å²) in [5.41, 5.74) is 0.277. The lowest BCUT2D eigenvalue weighted by molar-refractivity contribution is -0.384. The molecule has 6 heteroatoms. The van der Waals surface area contributed by atoms with Crippen molar-refractivity contribution in [3.05, 3.63) is 34.1 Å². The molecule has 1 aliphatic heterocycles. The third-order valence-corrected chi connectivity index (χ3v) is 3.53. The Morgan fingerprint density at radius 1 is 1.53 bits per heavy atom. The minimum absolute atomic E-state index is 0.129. The maximum absolute atomic E-state index is 13.1. The van der Waals surface area contributed by atoms with E-state index in [1.54, 1.807) is 0 Å². The third kappa shape index (κ3) is 3.20. The molecule has 1 aromatic rings. The summed E-state index contributed by atoms with van der Waals surface area (Å²) in [7, 11) is 0. The van der Waals surface area contributed by atoms with E-state index in [0.29, 0.717) is 24.6 Å². The molecule has 2 rings (SSSR count). The molecular weight excluding hydrogens is 251 g/mol. The highest BCUT2D eigenvalue weighted by molar-refractivity contribution is 5.63. The predicted molar refractivity (Wildman–Crippen MR) is 69.7 cm³/mol. The number of nitrogens with zero attached hydrogens (tertiary/aromatic N) is 2. The number of rotatable bonds is 4. The number of hydrogen-bond donors (Lipinski definition) is 1. The number of aliphatic hydroxyl groups is 1. The quantitative estimate of drug-likeness (QED) is 0.672. The Balaban J connectivity index is 2.23. The summed E-state index contributed by atoms with van der Waals surface area (Å²) in [6.07, 6.45) is 2.65. The van der Waals surface area contributed by atoms with E-state index in [2.05, 4.69) is 0 Å². The van der Waals surface area contributed by atoms with Crippen LogP contribution in [0.4, 0.5) is 15.8 Å². The fourth-order valence-corrected chi connectivity index (χ4v) is 2.61. The van der Waals surface area contributed by atoms with Crippen molar-refractivity contribution in [1.82, 2.24) is 0 Å². The number of benzene rings is 1. The van der Waals surface area contributed by atoms with Gasteiger partial charge in [-0.2, -0.15) is 0 Å². The van der Waals surface area contributed by atoms with Gasteiger partial charge in [0.15, 0.2) is 0 Å². The smallest absolute Gasteiger partial charge is 0.295 e. The minimum Gasteiger partial charge on any atom is -0.396 e. The molecule has 1 heterocycles. The molecule has 104 valence electrons. The summed E-state index contributed by atoms with van der Waals surface area (Å²) in [6, 6.07) is 3.68. The van der Waals surface area contributed by atoms with Crippen LogP contribution in [0.5, 0.6) is 0 Å². The van der Waals surface area contributed by atoms with Crippen LogP contribution in [0.1, 0.15) is 19.3 Å². The maximum Gasteiger partial charge on any atom is 0.295 e. The molecule has 0 aromatic heterocycles. The fourth-order valence-electron chi connectivity index (χ4n) is 2.61. The zero-order valence-corrected chi connectivity index (χ0v) is 10.6. The monoisotopic (exact) mass is 268 g/mol. The normalized spacial score (nSPS) is 19.5. The van der Waals surface area contributed by atoms with Crippen molar-refractivity contribution in [2.45, 2.75) is 19.3 Å². The summed E-state index contributed by atoms with van der Waals surface area (Å²) in [5, 5.41) is 20.0. The van der Waals surface area contributed by atoms with Crippen molar-refractivity contribution in [3.63, 3.8) is 0 Å². The van der Waals surface area contributed by atoms with Gasteiger partial charge in [-0.3, -0.25) is 10.1 Å². The Kier molecular flexibility index (Phi) is 4.31. The molecule has 1 saturated heterocycles. The molecule has 0 amide bonds. The molecule has 0 unspecified atom stereocenters. The molecule has 1 aliphatic rings. The standard InChI is InChI=1S/C13H17FN2O3/c14-11-3-4-12(13(8-11)16(18)19)15-6-1-2-10(9-15)5-7-17/h3-4,8,10,17H,1-2,5-7,9H2/t10-/m0/s1. The van der Waals surface area contributed by atoms with Crippen molar-refractivity contribution < 1.29 is 14.4 Å². The van der Waals surface area contributed by atoms with Crippen molar-refractivity contribution in [2.75, 3.05) is 24.6 Å². The summed E-state index contributed by atoms with van der Waals surface area (Å²) < 4.78 is 13.1. The second-order valence-electron chi connectivity index (χ2n) is 4.86. The average Bonchev–Trinajstić information content (AvgIpc) is 2.39. The van der Waals surface area contributed by atoms with E-state index in [1.807, 2.05) is 4.90 Å². The van der Waals surface area contributed by atoms with Crippen LogP contribution in [0.15, 0.2) is 18.2 Å². The molecule has 19 heavy (non-hydrogen) atoms. The number of hydrogen-bond acceptors (Lipinski definition) is 4. The molecule has 0 bridgehead atoms. The van der Waals surface area contributed by atoms with Gasteiger partial charge < -0.3 is 10.0 Å². The van der Waals surface area contributed by atoms with Crippen LogP contribution < -0.4 is 4.90 Å². The molecule has 1 atom stereocenters. The van der Waals surface area contributed by atoms with Crippen molar-refractivity contribution in [2.24, 2.45) is 5.92 Å². The van der Waals surface area contributed by atoms with Gasteiger partial charge in [-0.05, 0) is 37.3 Å². The summed E-state index contributed by atoms with van der Waals surface area (Å²) in [6.45, 7) is 1.53. The lowest BCUT2D eigenvalue weighted by atomic mass is 9.94. The zero-order chi connectivity index (χ0) is 13.8. The van der Waals surface area contributed by atoms with Gasteiger partial charge >= 0.3 is 0 Å². The van der Waals surface area contributed by atoms with E-state index >= 15 is 0 Å². The van der Waals surface area contributed by atoms with E-state index in [1.165, 1.54) is 12.1 Å². The number of piperidine rings is 1. The number of nitro benzene ring substituents is 1. The van der Waals surface area contributed by atoms with E-state index in [9.17, 15) is 14.5 Å². The predicted octanol–water partition coefficient (Wildman–Crippen LogP) is 2.33. The topological polar surface area (TPSA) is 66.6 Å². The van der Waals surface area contributed by atoms with Gasteiger partial charge in [0, 0.05) is 19.7 Å². The molecule has 0 saturated carbocycles. The first-order valence-electron chi connectivity index (χ1n) is 6.41. The Bertz CT molecular complexity index is 465. The van der Waals surface area contributed by atoms with Gasteiger partial charge in [0.1, 0.15) is 11.5 Å². The first-order valence-corrected chi connectivity index (χ1v) is 6.41. The van der Waals surface area contributed by atoms with Crippen LogP contribution in [-0.4, -0.2) is 29.7 Å². The number of anilines is 1. The van der Waals surface area contributed by atoms with Gasteiger partial charge in [-0.15, -0.1) is 0 Å². The van der Waals surface area contributed by atoms with Crippen molar-refractivity contribution >= 4 is 11.4 Å². The van der Waals surface area contributed by atoms with Gasteiger partial charge in [-0.1, -0.05) is 0 Å². The molecule has 0 aliphatic carbocycles. The molecule has 1 fully saturated rings. The largest absolute Gasteiger partial charge is 0.396 e. The van der Waals surface area contributed by atoms with Crippen molar-refractivity contribution in [3.8, 4) is 0 Å². The van der Waals surface area contributed by atoms with E-state index in [0.717, 1.165) is 25.5 Å². The van der Waals surface area contributed by atoms with E-state index in [4.69, 9.17) is 5.11 Å². The van der Waals surface area contributed by atoms with E-state index < -0.39 is 10.7 Å². The fraction of sp³-hybridized carbons (Fsp3) is 0.538. The number of nitro groups is 1. The summed E-state index contributed by atoms with van der Waals surface area (Å²) in [4.78, 5) is 12.4. The Morgan fingerprint density at radius 3 is 3.00 bits per heavy atom. The Labute approximate surface area is 110 Å². The van der Waals surface area contributed by atoms with Crippen LogP contribution in [0.3, 0.4) is 0 Å². The highest BCUT2D eigenvalue weighted by Crippen LogP contribution is 2.32. The van der Waals surface area contributed by atoms with Crippen molar-refractivity contribution in [1.29, 1.82) is 0 Å². The first-order chi connectivity index (χ1) is 9.11. The Hall–Kier alpha value is -1.69. The molecule has 0 radical (unpaired) electrons. The van der Waals surface area contributed by atoms with Gasteiger partial charge in [-0.25, -0.2) is 4.39 Å². The highest BCUT2D eigenvalue weighted by Gasteiger charge is 2.25. The molecule has 1 aromatic carbocycles. The van der Waals surface area contributed by atoms with Crippen LogP contribution in [0, 0.1) is 21.8 Å². The third-order valence-electron chi connectivity index (χ3n) is 3.53. The van der Waals surface area contributed by atoms with Gasteiger partial charge in [0.05, 0.1) is 11.0 Å². The number of halogens is 1. The summed E-state index contributed by atoms with van der Waals surface area (Å²) >= 11 is 0. The molecule has 0 spiro atoms. The molecule has 5 nitrogen and oxygen atoms in total. The Morgan fingerprint density at radius 2 is 2.32 bits per heavy atom. The lowest BCUT2D eigenvalue weighted by Gasteiger charge is -2.33. The van der Waals surface area contributed by atoms with Crippen LogP contribution >= 0.6 is 0 Å². The number of aliphatic hydroxyl groups excluding tert-OH is 1. The van der Waals surface area contributed by atoms with Crippen LogP contribution in [0.25, 0.3) is 0 Å². The highest BCUT2D eigenvalue weighted by atomic mass is 19.1. The molecule has 1 N–H and O–H groups in total. The molecular formula is C13H17FN2O3. The maximum atomic E-state index is 13.1. The van der Waals surface area contributed by atoms with Gasteiger partial charge in [0.25, 0.3) is 5.69 Å². The van der Waals surface area contributed by atoms with Gasteiger partial charge in [0.2, 0.25) is 0 Å². The van der Waals surface area contributed by atoms with Crippen LogP contribution in [0.2, 0.25) is 0 Å².